The second kappa shape index (κ2) is 6.72. The highest BCUT2D eigenvalue weighted by Crippen LogP contribution is 2.12. The molecular formula is C14H15N3O4. The van der Waals surface area contributed by atoms with Crippen LogP contribution in [-0.4, -0.2) is 49.8 Å². The molecule has 1 heterocycles. The summed E-state index contributed by atoms with van der Waals surface area (Å²) in [7, 11) is 1.28. The fraction of sp³-hybridized carbons (Fsp3) is 0.357. The van der Waals surface area contributed by atoms with Crippen LogP contribution in [0.15, 0.2) is 24.3 Å². The van der Waals surface area contributed by atoms with Gasteiger partial charge in [-0.2, -0.15) is 5.26 Å². The van der Waals surface area contributed by atoms with E-state index >= 15 is 0 Å². The predicted octanol–water partition coefficient (Wildman–Crippen LogP) is 0.964. The Morgan fingerprint density at radius 3 is 2.76 bits per heavy atom. The number of ether oxygens (including phenoxy) is 2. The molecule has 1 aliphatic heterocycles. The van der Waals surface area contributed by atoms with Crippen LogP contribution >= 0.6 is 0 Å². The van der Waals surface area contributed by atoms with Crippen molar-refractivity contribution >= 4 is 17.7 Å². The Morgan fingerprint density at radius 2 is 2.14 bits per heavy atom. The van der Waals surface area contributed by atoms with Crippen LogP contribution in [0, 0.1) is 11.3 Å². The average molecular weight is 289 g/mol. The second-order valence-electron chi connectivity index (χ2n) is 4.45. The van der Waals surface area contributed by atoms with Crippen molar-refractivity contribution in [1.82, 2.24) is 4.90 Å². The first kappa shape index (κ1) is 14.8. The smallest absolute Gasteiger partial charge is 0.336 e. The van der Waals surface area contributed by atoms with Crippen molar-refractivity contribution < 1.29 is 19.1 Å². The summed E-state index contributed by atoms with van der Waals surface area (Å²) >= 11 is 0. The third-order valence-electron chi connectivity index (χ3n) is 3.08. The van der Waals surface area contributed by atoms with E-state index in [-0.39, 0.29) is 19.2 Å². The van der Waals surface area contributed by atoms with E-state index in [1.165, 1.54) is 12.0 Å². The summed E-state index contributed by atoms with van der Waals surface area (Å²) in [6.45, 7) is 0.824. The van der Waals surface area contributed by atoms with Crippen molar-refractivity contribution in [3.8, 4) is 6.07 Å². The van der Waals surface area contributed by atoms with Gasteiger partial charge in [0.2, 0.25) is 0 Å². The van der Waals surface area contributed by atoms with E-state index in [1.54, 1.807) is 24.3 Å². The predicted molar refractivity (Wildman–Crippen MR) is 73.5 cm³/mol. The van der Waals surface area contributed by atoms with Crippen molar-refractivity contribution in [3.05, 3.63) is 29.8 Å². The van der Waals surface area contributed by atoms with Crippen LogP contribution in [0.4, 0.5) is 10.5 Å². The molecular weight excluding hydrogens is 274 g/mol. The van der Waals surface area contributed by atoms with Crippen LogP contribution in [0.5, 0.6) is 0 Å². The fourth-order valence-corrected chi connectivity index (χ4v) is 1.94. The summed E-state index contributed by atoms with van der Waals surface area (Å²) in [4.78, 5) is 25.0. The molecule has 1 aliphatic rings. The Hall–Kier alpha value is -2.59. The number of amides is 2. The molecule has 1 saturated heterocycles. The Labute approximate surface area is 122 Å². The van der Waals surface area contributed by atoms with Gasteiger partial charge in [-0.15, -0.1) is 0 Å². The molecule has 1 atom stereocenters. The number of urea groups is 1. The maximum Gasteiger partial charge on any atom is 0.336 e. The number of morpholine rings is 1. The standard InChI is InChI=1S/C14H15N3O4/c1-20-13(18)12-9-17(6-7-21-12)14(19)16-11-4-2-10(8-15)3-5-11/h2-5,12H,6-7,9H2,1H3,(H,16,19). The molecule has 1 aromatic carbocycles. The third-order valence-corrected chi connectivity index (χ3v) is 3.08. The number of nitrogens with zero attached hydrogens (tertiary/aromatic N) is 2. The van der Waals surface area contributed by atoms with E-state index < -0.39 is 12.1 Å². The van der Waals surface area contributed by atoms with Crippen LogP contribution in [0.3, 0.4) is 0 Å². The zero-order valence-corrected chi connectivity index (χ0v) is 11.5. The largest absolute Gasteiger partial charge is 0.467 e. The number of nitrogens with one attached hydrogen (secondary N) is 1. The fourth-order valence-electron chi connectivity index (χ4n) is 1.94. The van der Waals surface area contributed by atoms with Gasteiger partial charge in [0.25, 0.3) is 0 Å². The van der Waals surface area contributed by atoms with Crippen molar-refractivity contribution in [2.24, 2.45) is 0 Å². The molecule has 0 bridgehead atoms. The van der Waals surface area contributed by atoms with Gasteiger partial charge < -0.3 is 19.7 Å². The summed E-state index contributed by atoms with van der Waals surface area (Å²) in [5, 5.41) is 11.4. The number of nitriles is 1. The van der Waals surface area contributed by atoms with E-state index in [4.69, 9.17) is 10.00 Å². The average Bonchev–Trinajstić information content (AvgIpc) is 2.55. The number of benzene rings is 1. The summed E-state index contributed by atoms with van der Waals surface area (Å²) in [6.07, 6.45) is -0.754. The minimum Gasteiger partial charge on any atom is -0.467 e. The Kier molecular flexibility index (Phi) is 4.74. The molecule has 1 fully saturated rings. The van der Waals surface area contributed by atoms with Gasteiger partial charge in [-0.25, -0.2) is 9.59 Å². The number of rotatable bonds is 2. The molecule has 0 radical (unpaired) electrons. The molecule has 1 unspecified atom stereocenters. The zero-order chi connectivity index (χ0) is 15.2. The van der Waals surface area contributed by atoms with Gasteiger partial charge in [0.1, 0.15) is 0 Å². The van der Waals surface area contributed by atoms with Gasteiger partial charge in [-0.05, 0) is 24.3 Å². The van der Waals surface area contributed by atoms with E-state index in [0.717, 1.165) is 0 Å². The number of carbonyl (C=O) groups is 2. The van der Waals surface area contributed by atoms with Gasteiger partial charge in [0.05, 0.1) is 31.9 Å². The van der Waals surface area contributed by atoms with Crippen molar-refractivity contribution in [2.45, 2.75) is 6.10 Å². The van der Waals surface area contributed by atoms with E-state index in [9.17, 15) is 9.59 Å². The van der Waals surface area contributed by atoms with Crippen molar-refractivity contribution in [2.75, 3.05) is 32.1 Å². The number of hydrogen-bond donors (Lipinski definition) is 1. The summed E-state index contributed by atoms with van der Waals surface area (Å²) in [5.41, 5.74) is 1.10. The summed E-state index contributed by atoms with van der Waals surface area (Å²) in [6, 6.07) is 8.21. The first-order valence-electron chi connectivity index (χ1n) is 6.39. The Balaban J connectivity index is 1.96. The highest BCUT2D eigenvalue weighted by atomic mass is 16.6. The molecule has 7 nitrogen and oxygen atoms in total. The van der Waals surface area contributed by atoms with Gasteiger partial charge in [-0.1, -0.05) is 0 Å². The summed E-state index contributed by atoms with van der Waals surface area (Å²) in [5.74, 6) is -0.495. The molecule has 0 spiro atoms. The van der Waals surface area contributed by atoms with Crippen LogP contribution in [0.2, 0.25) is 0 Å². The first-order valence-corrected chi connectivity index (χ1v) is 6.39. The Morgan fingerprint density at radius 1 is 1.43 bits per heavy atom. The topological polar surface area (TPSA) is 91.7 Å². The molecule has 7 heteroatoms. The number of carbonyl (C=O) groups excluding carboxylic acids is 2. The number of anilines is 1. The SMILES string of the molecule is COC(=O)C1CN(C(=O)Nc2ccc(C#N)cc2)CCO1. The van der Waals surface area contributed by atoms with Crippen LogP contribution in [0.25, 0.3) is 0 Å². The van der Waals surface area contributed by atoms with Crippen LogP contribution in [0.1, 0.15) is 5.56 Å². The highest BCUT2D eigenvalue weighted by molar-refractivity contribution is 5.90. The van der Waals surface area contributed by atoms with Crippen molar-refractivity contribution in [3.63, 3.8) is 0 Å². The minimum absolute atomic E-state index is 0.148. The molecule has 0 aliphatic carbocycles. The molecule has 110 valence electrons. The van der Waals surface area contributed by atoms with E-state index in [0.29, 0.717) is 17.8 Å². The maximum absolute atomic E-state index is 12.1. The lowest BCUT2D eigenvalue weighted by Gasteiger charge is -2.31. The zero-order valence-electron chi connectivity index (χ0n) is 11.5. The summed E-state index contributed by atoms with van der Waals surface area (Å²) < 4.78 is 9.87. The van der Waals surface area contributed by atoms with Crippen molar-refractivity contribution in [1.29, 1.82) is 5.26 Å². The second-order valence-corrected chi connectivity index (χ2v) is 4.45. The molecule has 1 N–H and O–H groups in total. The number of methoxy groups -OCH3 is 1. The van der Waals surface area contributed by atoms with Gasteiger partial charge >= 0.3 is 12.0 Å². The van der Waals surface area contributed by atoms with Crippen LogP contribution < -0.4 is 5.32 Å². The molecule has 2 rings (SSSR count). The van der Waals surface area contributed by atoms with Gasteiger partial charge in [0.15, 0.2) is 6.10 Å². The normalized spacial score (nSPS) is 17.7. The molecule has 21 heavy (non-hydrogen) atoms. The highest BCUT2D eigenvalue weighted by Gasteiger charge is 2.29. The lowest BCUT2D eigenvalue weighted by molar-refractivity contribution is -0.158. The quantitative estimate of drug-likeness (QED) is 0.819. The molecule has 0 aromatic heterocycles. The number of esters is 1. The van der Waals surface area contributed by atoms with Crippen LogP contribution in [-0.2, 0) is 14.3 Å². The lowest BCUT2D eigenvalue weighted by atomic mass is 10.2. The first-order chi connectivity index (χ1) is 10.1. The molecule has 2 amide bonds. The number of hydrogen-bond acceptors (Lipinski definition) is 5. The molecule has 1 aromatic rings. The van der Waals surface area contributed by atoms with Gasteiger partial charge in [0, 0.05) is 12.2 Å². The third kappa shape index (κ3) is 3.70. The van der Waals surface area contributed by atoms with E-state index in [1.807, 2.05) is 6.07 Å². The maximum atomic E-state index is 12.1. The lowest BCUT2D eigenvalue weighted by Crippen LogP contribution is -2.50. The monoisotopic (exact) mass is 289 g/mol. The van der Waals surface area contributed by atoms with Gasteiger partial charge in [-0.3, -0.25) is 0 Å². The van der Waals surface area contributed by atoms with E-state index in [2.05, 4.69) is 10.1 Å². The molecule has 0 saturated carbocycles. The minimum atomic E-state index is -0.754. The Bertz CT molecular complexity index is 565.